The summed E-state index contributed by atoms with van der Waals surface area (Å²) in [6, 6.07) is 7.27. The summed E-state index contributed by atoms with van der Waals surface area (Å²) in [6.45, 7) is 3.77. The molecule has 0 bridgehead atoms. The first-order valence-electron chi connectivity index (χ1n) is 8.55. The van der Waals surface area contributed by atoms with Crippen LogP contribution in [-0.2, 0) is 0 Å². The Morgan fingerprint density at radius 1 is 1.30 bits per heavy atom. The number of hydrogen-bond donors (Lipinski definition) is 1. The number of aromatic nitrogens is 3. The van der Waals surface area contributed by atoms with E-state index in [4.69, 9.17) is 0 Å². The first kappa shape index (κ1) is 19.0. The summed E-state index contributed by atoms with van der Waals surface area (Å²) >= 11 is 0. The molecule has 0 radical (unpaired) electrons. The summed E-state index contributed by atoms with van der Waals surface area (Å²) in [6.07, 6.45) is 6.51. The van der Waals surface area contributed by atoms with E-state index in [1.54, 1.807) is 23.5 Å². The summed E-state index contributed by atoms with van der Waals surface area (Å²) in [5.74, 6) is -0.298. The minimum atomic E-state index is -0.344. The van der Waals surface area contributed by atoms with Crippen LogP contribution in [-0.4, -0.2) is 44.8 Å². The van der Waals surface area contributed by atoms with Crippen LogP contribution in [0.1, 0.15) is 27.5 Å². The molecule has 1 fully saturated rings. The number of amides is 1. The summed E-state index contributed by atoms with van der Waals surface area (Å²) in [4.78, 5) is 36.1. The third-order valence-electron chi connectivity index (χ3n) is 4.67. The van der Waals surface area contributed by atoms with E-state index in [9.17, 15) is 9.59 Å². The van der Waals surface area contributed by atoms with E-state index in [0.717, 1.165) is 11.1 Å². The summed E-state index contributed by atoms with van der Waals surface area (Å²) in [5, 5.41) is 3.30. The molecule has 4 heterocycles. The van der Waals surface area contributed by atoms with Gasteiger partial charge in [0, 0.05) is 44.4 Å². The average Bonchev–Trinajstić information content (AvgIpc) is 2.68. The van der Waals surface area contributed by atoms with Crippen LogP contribution in [0.4, 0.5) is 0 Å². The maximum absolute atomic E-state index is 13.1. The monoisotopic (exact) mass is 385 g/mol. The van der Waals surface area contributed by atoms with Crippen LogP contribution in [0.3, 0.4) is 0 Å². The van der Waals surface area contributed by atoms with Gasteiger partial charge in [-0.15, -0.1) is 12.4 Å². The van der Waals surface area contributed by atoms with E-state index in [2.05, 4.69) is 15.3 Å². The largest absolute Gasteiger partial charge is 0.329 e. The highest BCUT2D eigenvalue weighted by atomic mass is 35.5. The molecule has 27 heavy (non-hydrogen) atoms. The Morgan fingerprint density at radius 2 is 2.15 bits per heavy atom. The predicted octanol–water partition coefficient (Wildman–Crippen LogP) is 1.61. The zero-order valence-corrected chi connectivity index (χ0v) is 15.6. The fraction of sp³-hybridized carbons (Fsp3) is 0.263. The van der Waals surface area contributed by atoms with Gasteiger partial charge in [0.15, 0.2) is 0 Å². The molecule has 7 nitrogen and oxygen atoms in total. The highest BCUT2D eigenvalue weighted by Crippen LogP contribution is 2.22. The quantitative estimate of drug-likeness (QED) is 0.725. The number of nitrogens with zero attached hydrogens (tertiary/aromatic N) is 4. The lowest BCUT2D eigenvalue weighted by atomic mass is 10.0. The molecule has 0 spiro atoms. The fourth-order valence-electron chi connectivity index (χ4n) is 3.30. The van der Waals surface area contributed by atoms with Crippen molar-refractivity contribution < 1.29 is 4.79 Å². The second-order valence-corrected chi connectivity index (χ2v) is 6.41. The van der Waals surface area contributed by atoms with E-state index >= 15 is 0 Å². The SMILES string of the molecule is Cc1ccn2c(=O)c(C(=O)N3CCNCC3c3cccnc3)cnc2c1.Cl. The van der Waals surface area contributed by atoms with Gasteiger partial charge in [-0.05, 0) is 36.2 Å². The molecule has 3 aromatic heterocycles. The number of hydrogen-bond acceptors (Lipinski definition) is 5. The number of carbonyl (C=O) groups is 1. The van der Waals surface area contributed by atoms with Crippen molar-refractivity contribution in [2.45, 2.75) is 13.0 Å². The molecule has 1 N–H and O–H groups in total. The molecular formula is C19H20ClN5O2. The Labute approximate surface area is 162 Å². The predicted molar refractivity (Wildman–Crippen MR) is 104 cm³/mol. The van der Waals surface area contributed by atoms with Crippen molar-refractivity contribution in [1.29, 1.82) is 0 Å². The van der Waals surface area contributed by atoms with Crippen LogP contribution in [0.25, 0.3) is 5.65 Å². The second kappa shape index (κ2) is 7.85. The lowest BCUT2D eigenvalue weighted by Crippen LogP contribution is -2.49. The van der Waals surface area contributed by atoms with E-state index in [1.165, 1.54) is 10.6 Å². The van der Waals surface area contributed by atoms with E-state index in [1.807, 2.05) is 31.2 Å². The van der Waals surface area contributed by atoms with Gasteiger partial charge in [0.25, 0.3) is 11.5 Å². The van der Waals surface area contributed by atoms with Crippen molar-refractivity contribution in [3.63, 3.8) is 0 Å². The van der Waals surface area contributed by atoms with Crippen molar-refractivity contribution in [2.75, 3.05) is 19.6 Å². The summed E-state index contributed by atoms with van der Waals surface area (Å²) in [5.41, 5.74) is 2.23. The Bertz CT molecular complexity index is 1020. The second-order valence-electron chi connectivity index (χ2n) is 6.41. The smallest absolute Gasteiger partial charge is 0.270 e. The maximum Gasteiger partial charge on any atom is 0.270 e. The van der Waals surface area contributed by atoms with Gasteiger partial charge in [0.1, 0.15) is 11.2 Å². The van der Waals surface area contributed by atoms with Gasteiger partial charge in [0.05, 0.1) is 6.04 Å². The molecule has 4 rings (SSSR count). The third kappa shape index (κ3) is 3.56. The number of piperazine rings is 1. The average molecular weight is 386 g/mol. The highest BCUT2D eigenvalue weighted by molar-refractivity contribution is 5.94. The van der Waals surface area contributed by atoms with Crippen LogP contribution in [0, 0.1) is 6.92 Å². The van der Waals surface area contributed by atoms with Gasteiger partial charge in [-0.3, -0.25) is 19.0 Å². The van der Waals surface area contributed by atoms with Crippen LogP contribution < -0.4 is 10.9 Å². The number of pyridine rings is 2. The fourth-order valence-corrected chi connectivity index (χ4v) is 3.30. The number of halogens is 1. The molecule has 1 aliphatic rings. The Morgan fingerprint density at radius 3 is 2.93 bits per heavy atom. The van der Waals surface area contributed by atoms with Crippen molar-refractivity contribution in [3.05, 3.63) is 76.1 Å². The number of fused-ring (bicyclic) bond motifs is 1. The summed E-state index contributed by atoms with van der Waals surface area (Å²) in [7, 11) is 0. The molecule has 1 aliphatic heterocycles. The molecule has 1 unspecified atom stereocenters. The van der Waals surface area contributed by atoms with Gasteiger partial charge in [-0.1, -0.05) is 6.07 Å². The molecule has 0 aliphatic carbocycles. The molecule has 140 valence electrons. The maximum atomic E-state index is 13.1. The molecule has 1 amide bonds. The minimum Gasteiger partial charge on any atom is -0.329 e. The van der Waals surface area contributed by atoms with Gasteiger partial charge in [0.2, 0.25) is 0 Å². The normalized spacial score (nSPS) is 16.8. The molecule has 3 aromatic rings. The third-order valence-corrected chi connectivity index (χ3v) is 4.67. The molecule has 0 aromatic carbocycles. The van der Waals surface area contributed by atoms with Gasteiger partial charge < -0.3 is 10.2 Å². The van der Waals surface area contributed by atoms with Crippen LogP contribution in [0.2, 0.25) is 0 Å². The lowest BCUT2D eigenvalue weighted by Gasteiger charge is -2.36. The topological polar surface area (TPSA) is 79.6 Å². The van der Waals surface area contributed by atoms with Crippen molar-refractivity contribution in [2.24, 2.45) is 0 Å². The standard InChI is InChI=1S/C19H19N5O2.ClH/c1-13-4-7-24-17(9-13)22-11-15(19(24)26)18(25)23-8-6-21-12-16(23)14-3-2-5-20-10-14;/h2-5,7,9-11,16,21H,6,8,12H2,1H3;1H. The molecular weight excluding hydrogens is 366 g/mol. The zero-order valence-electron chi connectivity index (χ0n) is 14.8. The molecule has 1 saturated heterocycles. The van der Waals surface area contributed by atoms with Crippen LogP contribution in [0.5, 0.6) is 0 Å². The van der Waals surface area contributed by atoms with E-state index in [0.29, 0.717) is 25.3 Å². The highest BCUT2D eigenvalue weighted by Gasteiger charge is 2.30. The minimum absolute atomic E-state index is 0. The molecule has 0 saturated carbocycles. The van der Waals surface area contributed by atoms with Gasteiger partial charge in [-0.2, -0.15) is 0 Å². The van der Waals surface area contributed by atoms with Crippen molar-refractivity contribution >= 4 is 24.0 Å². The Kier molecular flexibility index (Phi) is 5.53. The molecule has 1 atom stereocenters. The summed E-state index contributed by atoms with van der Waals surface area (Å²) < 4.78 is 1.42. The molecule has 8 heteroatoms. The van der Waals surface area contributed by atoms with Crippen molar-refractivity contribution in [3.8, 4) is 0 Å². The first-order valence-corrected chi connectivity index (χ1v) is 8.55. The first-order chi connectivity index (χ1) is 12.6. The number of rotatable bonds is 2. The van der Waals surface area contributed by atoms with E-state index < -0.39 is 0 Å². The van der Waals surface area contributed by atoms with Crippen molar-refractivity contribution in [1.82, 2.24) is 24.6 Å². The lowest BCUT2D eigenvalue weighted by molar-refractivity contribution is 0.0631. The Balaban J connectivity index is 0.00000210. The van der Waals surface area contributed by atoms with Crippen LogP contribution >= 0.6 is 12.4 Å². The van der Waals surface area contributed by atoms with E-state index in [-0.39, 0.29) is 35.5 Å². The Hall–Kier alpha value is -2.77. The van der Waals surface area contributed by atoms with Crippen LogP contribution in [0.15, 0.2) is 53.8 Å². The zero-order chi connectivity index (χ0) is 18.1. The number of aryl methyl sites for hydroxylation is 1. The van der Waals surface area contributed by atoms with Gasteiger partial charge in [-0.25, -0.2) is 4.98 Å². The van der Waals surface area contributed by atoms with Gasteiger partial charge >= 0.3 is 0 Å². The number of nitrogens with one attached hydrogen (secondary N) is 1. The number of carbonyl (C=O) groups excluding carboxylic acids is 1.